The minimum Gasteiger partial charge on any atom is -0.461 e. The van der Waals surface area contributed by atoms with Crippen LogP contribution in [0.1, 0.15) is 220 Å². The van der Waals surface area contributed by atoms with Gasteiger partial charge in [-0.1, -0.05) is 226 Å². The van der Waals surface area contributed by atoms with Crippen LogP contribution in [0.4, 0.5) is 0 Å². The molecule has 6 heteroatoms. The second kappa shape index (κ2) is 50.5. The molecule has 0 spiro atoms. The van der Waals surface area contributed by atoms with E-state index in [-0.39, 0.29) is 31.3 Å². The summed E-state index contributed by atoms with van der Waals surface area (Å²) in [4.78, 5) is 26.1. The zero-order valence-corrected chi connectivity index (χ0v) is 41.4. The molecule has 3 atom stereocenters. The fourth-order valence-corrected chi connectivity index (χ4v) is 7.15. The van der Waals surface area contributed by atoms with Gasteiger partial charge in [0.05, 0.1) is 25.2 Å². The van der Waals surface area contributed by atoms with Gasteiger partial charge in [-0.15, -0.1) is 0 Å². The third-order valence-corrected chi connectivity index (χ3v) is 11.1. The summed E-state index contributed by atoms with van der Waals surface area (Å²) in [5, 5.41) is 23.7. The maximum atomic E-state index is 13.2. The second-order valence-corrected chi connectivity index (χ2v) is 17.2. The van der Waals surface area contributed by atoms with Crippen molar-refractivity contribution in [2.45, 2.75) is 238 Å². The molecule has 0 aliphatic rings. The first kappa shape index (κ1) is 60.5. The molecule has 0 saturated heterocycles. The number of hydrogen-bond acceptors (Lipinski definition) is 5. The molecule has 0 aromatic carbocycles. The summed E-state index contributed by atoms with van der Waals surface area (Å²) in [6.07, 6.45) is 68.8. The van der Waals surface area contributed by atoms with Gasteiger partial charge in [-0.3, -0.25) is 9.59 Å². The third kappa shape index (κ3) is 45.1. The van der Waals surface area contributed by atoms with E-state index in [2.05, 4.69) is 123 Å². The van der Waals surface area contributed by atoms with Crippen LogP contribution in [0.2, 0.25) is 0 Å². The van der Waals surface area contributed by atoms with Crippen molar-refractivity contribution in [2.24, 2.45) is 0 Å². The van der Waals surface area contributed by atoms with Crippen LogP contribution in [0.5, 0.6) is 0 Å². The van der Waals surface area contributed by atoms with Crippen LogP contribution < -0.4 is 5.32 Å². The van der Waals surface area contributed by atoms with E-state index in [4.69, 9.17) is 4.74 Å². The van der Waals surface area contributed by atoms with Crippen molar-refractivity contribution in [3.8, 4) is 0 Å². The number of rotatable bonds is 45. The third-order valence-electron chi connectivity index (χ3n) is 11.1. The number of hydrogen-bond donors (Lipinski definition) is 3. The first-order valence-corrected chi connectivity index (χ1v) is 26.1. The molecule has 0 aliphatic heterocycles. The lowest BCUT2D eigenvalue weighted by atomic mass is 10.0. The highest BCUT2D eigenvalue weighted by molar-refractivity contribution is 5.77. The first-order valence-electron chi connectivity index (χ1n) is 26.1. The largest absolute Gasteiger partial charge is 0.461 e. The molecule has 64 heavy (non-hydrogen) atoms. The number of carbonyl (C=O) groups is 2. The van der Waals surface area contributed by atoms with Crippen LogP contribution in [-0.4, -0.2) is 46.9 Å². The number of unbranched alkanes of at least 4 members (excludes halogenated alkanes) is 16. The smallest absolute Gasteiger partial charge is 0.306 e. The van der Waals surface area contributed by atoms with E-state index in [0.29, 0.717) is 19.3 Å². The van der Waals surface area contributed by atoms with Crippen molar-refractivity contribution in [1.29, 1.82) is 0 Å². The standard InChI is InChI=1S/C58H97NO5/c1-4-7-10-13-16-19-22-25-27-28-30-33-36-39-42-45-48-51-58(63)64-54(49-46-43-40-37-34-32-29-26-23-20-17-14-11-8-5-2)52-57(62)59-55(53-60)56(61)50-47-44-41-38-35-31-24-21-18-15-12-9-6-3/h8,11,16-17,19-20,25-27,29-30,33-34,37,39,42-43,46,54-56,60-61H,4-7,9-10,12-15,18,21-24,28,31-32,35-36,38,40-41,44-45,47-53H2,1-3H3,(H,59,62)/b11-8-,19-16-,20-17-,27-25-,29-26-,33-30-,37-34-,42-39-,46-43-. The Labute approximate surface area is 394 Å². The van der Waals surface area contributed by atoms with Gasteiger partial charge < -0.3 is 20.3 Å². The SMILES string of the molecule is CC/C=C\C/C=C\C/C=C\C/C=C\C/C=C\CC(CC(=O)NC(CO)C(O)CCCCCCCCCCCCCCC)OC(=O)CCC/C=C\C/C=C\C/C=C\C/C=C\CCCCC. The Balaban J connectivity index is 4.83. The van der Waals surface area contributed by atoms with Crippen molar-refractivity contribution in [3.05, 3.63) is 109 Å². The molecule has 0 radical (unpaired) electrons. The summed E-state index contributed by atoms with van der Waals surface area (Å²) in [5.41, 5.74) is 0. The van der Waals surface area contributed by atoms with E-state index >= 15 is 0 Å². The number of nitrogens with one attached hydrogen (secondary N) is 1. The van der Waals surface area contributed by atoms with Gasteiger partial charge in [-0.2, -0.15) is 0 Å². The van der Waals surface area contributed by atoms with Crippen molar-refractivity contribution in [1.82, 2.24) is 5.32 Å². The van der Waals surface area contributed by atoms with Crippen LogP contribution in [0.15, 0.2) is 109 Å². The lowest BCUT2D eigenvalue weighted by molar-refractivity contribution is -0.150. The number of amides is 1. The van der Waals surface area contributed by atoms with Gasteiger partial charge in [0.1, 0.15) is 6.10 Å². The zero-order valence-electron chi connectivity index (χ0n) is 41.4. The first-order chi connectivity index (χ1) is 31.5. The Morgan fingerprint density at radius 1 is 0.484 bits per heavy atom. The van der Waals surface area contributed by atoms with Crippen LogP contribution in [-0.2, 0) is 14.3 Å². The molecule has 0 aliphatic carbocycles. The molecule has 0 bridgehead atoms. The normalized spacial score (nSPS) is 14.1. The highest BCUT2D eigenvalue weighted by atomic mass is 16.5. The average Bonchev–Trinajstić information content (AvgIpc) is 3.29. The molecule has 0 aromatic heterocycles. The predicted octanol–water partition coefficient (Wildman–Crippen LogP) is 15.9. The fraction of sp³-hybridized carbons (Fsp3) is 0.655. The summed E-state index contributed by atoms with van der Waals surface area (Å²) in [6, 6.07) is -0.750. The van der Waals surface area contributed by atoms with E-state index in [1.165, 1.54) is 89.9 Å². The maximum absolute atomic E-state index is 13.2. The minimum atomic E-state index is -0.827. The molecule has 0 saturated carbocycles. The van der Waals surface area contributed by atoms with Crippen molar-refractivity contribution in [3.63, 3.8) is 0 Å². The van der Waals surface area contributed by atoms with Crippen LogP contribution in [0.3, 0.4) is 0 Å². The van der Waals surface area contributed by atoms with Crippen LogP contribution in [0, 0.1) is 0 Å². The van der Waals surface area contributed by atoms with E-state index in [1.54, 1.807) is 0 Å². The number of carbonyl (C=O) groups excluding carboxylic acids is 2. The lowest BCUT2D eigenvalue weighted by Gasteiger charge is -2.24. The van der Waals surface area contributed by atoms with Gasteiger partial charge in [0.25, 0.3) is 0 Å². The predicted molar refractivity (Wildman–Crippen MR) is 277 cm³/mol. The van der Waals surface area contributed by atoms with E-state index in [9.17, 15) is 19.8 Å². The van der Waals surface area contributed by atoms with Crippen molar-refractivity contribution in [2.75, 3.05) is 6.61 Å². The number of ether oxygens (including phenoxy) is 1. The van der Waals surface area contributed by atoms with E-state index in [1.807, 2.05) is 12.2 Å². The molecule has 6 nitrogen and oxygen atoms in total. The van der Waals surface area contributed by atoms with Gasteiger partial charge in [0.2, 0.25) is 5.91 Å². The summed E-state index contributed by atoms with van der Waals surface area (Å²) in [5.74, 6) is -0.656. The maximum Gasteiger partial charge on any atom is 0.306 e. The van der Waals surface area contributed by atoms with Gasteiger partial charge in [-0.05, 0) is 83.5 Å². The Morgan fingerprint density at radius 3 is 1.33 bits per heavy atom. The molecule has 364 valence electrons. The zero-order chi connectivity index (χ0) is 46.7. The summed E-state index contributed by atoms with van der Waals surface area (Å²) >= 11 is 0. The number of allylic oxidation sites excluding steroid dienone is 17. The quantitative estimate of drug-likeness (QED) is 0.0322. The number of aliphatic hydroxyl groups is 2. The summed E-state index contributed by atoms with van der Waals surface area (Å²) in [6.45, 7) is 6.29. The van der Waals surface area contributed by atoms with Gasteiger partial charge >= 0.3 is 5.97 Å². The van der Waals surface area contributed by atoms with Gasteiger partial charge in [0.15, 0.2) is 0 Å². The Morgan fingerprint density at radius 2 is 0.875 bits per heavy atom. The molecular formula is C58H97NO5. The molecular weight excluding hydrogens is 791 g/mol. The molecule has 3 unspecified atom stereocenters. The van der Waals surface area contributed by atoms with E-state index in [0.717, 1.165) is 77.0 Å². The van der Waals surface area contributed by atoms with Crippen LogP contribution in [0.25, 0.3) is 0 Å². The second-order valence-electron chi connectivity index (χ2n) is 17.2. The topological polar surface area (TPSA) is 95.9 Å². The Kier molecular flexibility index (Phi) is 47.8. The Hall–Kier alpha value is -3.48. The summed E-state index contributed by atoms with van der Waals surface area (Å²) in [7, 11) is 0. The van der Waals surface area contributed by atoms with Gasteiger partial charge in [0, 0.05) is 12.8 Å². The molecule has 0 heterocycles. The fourth-order valence-electron chi connectivity index (χ4n) is 7.15. The van der Waals surface area contributed by atoms with Crippen molar-refractivity contribution < 1.29 is 24.5 Å². The molecule has 0 fully saturated rings. The molecule has 0 aromatic rings. The monoisotopic (exact) mass is 888 g/mol. The average molecular weight is 888 g/mol. The highest BCUT2D eigenvalue weighted by Gasteiger charge is 2.23. The Bertz CT molecular complexity index is 1320. The minimum absolute atomic E-state index is 0.0286. The van der Waals surface area contributed by atoms with Gasteiger partial charge in [-0.25, -0.2) is 0 Å². The molecule has 3 N–H and O–H groups in total. The number of esters is 1. The number of aliphatic hydroxyl groups excluding tert-OH is 2. The molecule has 0 rings (SSSR count). The molecule has 1 amide bonds. The highest BCUT2D eigenvalue weighted by Crippen LogP contribution is 2.15. The van der Waals surface area contributed by atoms with Crippen LogP contribution >= 0.6 is 0 Å². The van der Waals surface area contributed by atoms with Crippen molar-refractivity contribution >= 4 is 11.9 Å². The summed E-state index contributed by atoms with van der Waals surface area (Å²) < 4.78 is 5.84. The van der Waals surface area contributed by atoms with E-state index < -0.39 is 18.2 Å². The lowest BCUT2D eigenvalue weighted by Crippen LogP contribution is -2.46.